The van der Waals surface area contributed by atoms with E-state index in [1.807, 2.05) is 54.6 Å². The van der Waals surface area contributed by atoms with Crippen LogP contribution in [0, 0.1) is 0 Å². The molecule has 0 spiro atoms. The number of urea groups is 1. The van der Waals surface area contributed by atoms with Crippen molar-refractivity contribution < 1.29 is 19.1 Å². The predicted molar refractivity (Wildman–Crippen MR) is 200 cm³/mol. The smallest absolute Gasteiger partial charge is 0.323 e. The monoisotopic (exact) mass is 681 g/mol. The molecule has 10 nitrogen and oxygen atoms in total. The molecule has 2 N–H and O–H groups in total. The van der Waals surface area contributed by atoms with Crippen molar-refractivity contribution >= 4 is 34.4 Å². The average Bonchev–Trinajstić information content (AvgIpc) is 3.09. The number of fused-ring (bicyclic) bond motifs is 1. The molecular weight excluding hydrogens is 630 g/mol. The summed E-state index contributed by atoms with van der Waals surface area (Å²) in [7, 11) is 0. The van der Waals surface area contributed by atoms with Crippen LogP contribution in [0.5, 0.6) is 5.75 Å². The molecule has 0 bridgehead atoms. The van der Waals surface area contributed by atoms with Gasteiger partial charge in [-0.15, -0.1) is 0 Å². The number of aromatic nitrogens is 2. The van der Waals surface area contributed by atoms with E-state index in [-0.39, 0.29) is 35.3 Å². The number of carbonyl (C=O) groups is 2. The Labute approximate surface area is 295 Å². The zero-order valence-corrected chi connectivity index (χ0v) is 30.3. The summed E-state index contributed by atoms with van der Waals surface area (Å²) in [6, 6.07) is 17.0. The number of likely N-dealkylation sites (tertiary alicyclic amines) is 1. The van der Waals surface area contributed by atoms with Crippen molar-refractivity contribution in [1.82, 2.24) is 14.5 Å². The van der Waals surface area contributed by atoms with Gasteiger partial charge in [0.1, 0.15) is 23.7 Å². The lowest BCUT2D eigenvalue weighted by Crippen LogP contribution is -2.44. The number of esters is 1. The summed E-state index contributed by atoms with van der Waals surface area (Å²) in [4.78, 5) is 46.7. The lowest BCUT2D eigenvalue weighted by atomic mass is 9.93. The van der Waals surface area contributed by atoms with Gasteiger partial charge in [0.15, 0.2) is 6.23 Å². The van der Waals surface area contributed by atoms with Gasteiger partial charge in [0.05, 0.1) is 0 Å². The first-order valence-electron chi connectivity index (χ1n) is 18.0. The van der Waals surface area contributed by atoms with Crippen LogP contribution < -0.4 is 20.9 Å². The molecule has 1 fully saturated rings. The fraction of sp³-hybridized carbons (Fsp3) is 0.450. The van der Waals surface area contributed by atoms with Gasteiger partial charge in [0.25, 0.3) is 5.56 Å². The van der Waals surface area contributed by atoms with E-state index in [0.717, 1.165) is 66.4 Å². The van der Waals surface area contributed by atoms with Crippen molar-refractivity contribution in [3.8, 4) is 16.9 Å². The second-order valence-electron chi connectivity index (χ2n) is 13.6. The van der Waals surface area contributed by atoms with E-state index in [9.17, 15) is 14.4 Å². The van der Waals surface area contributed by atoms with E-state index in [2.05, 4.69) is 55.1 Å². The Morgan fingerprint density at radius 1 is 0.940 bits per heavy atom. The number of para-hydroxylation sites is 1. The highest BCUT2D eigenvalue weighted by Crippen LogP contribution is 2.36. The van der Waals surface area contributed by atoms with Gasteiger partial charge in [-0.05, 0) is 78.5 Å². The van der Waals surface area contributed by atoms with Gasteiger partial charge in [0.2, 0.25) is 0 Å². The maximum absolute atomic E-state index is 14.4. The molecule has 1 saturated heterocycles. The molecule has 2 aromatic carbocycles. The molecule has 1 aliphatic rings. The number of anilines is 2. The number of nitrogens with one attached hydrogen (secondary N) is 2. The third-order valence-corrected chi connectivity index (χ3v) is 9.23. The Balaban J connectivity index is 1.51. The molecule has 0 radical (unpaired) electrons. The van der Waals surface area contributed by atoms with Crippen LogP contribution in [0.3, 0.4) is 0 Å². The highest BCUT2D eigenvalue weighted by atomic mass is 16.6. The van der Waals surface area contributed by atoms with Gasteiger partial charge in [-0.3, -0.25) is 19.1 Å². The number of carbonyl (C=O) groups excluding carboxylic acids is 2. The first-order chi connectivity index (χ1) is 24.1. The Bertz CT molecular complexity index is 1840. The molecule has 2 aromatic heterocycles. The summed E-state index contributed by atoms with van der Waals surface area (Å²) >= 11 is 0. The van der Waals surface area contributed by atoms with E-state index in [0.29, 0.717) is 36.7 Å². The van der Waals surface area contributed by atoms with Crippen molar-refractivity contribution in [2.75, 3.05) is 30.3 Å². The number of pyridine rings is 2. The maximum atomic E-state index is 14.4. The number of hydrogen-bond donors (Lipinski definition) is 2. The minimum Gasteiger partial charge on any atom is -0.492 e. The van der Waals surface area contributed by atoms with Crippen molar-refractivity contribution in [3.05, 3.63) is 82.3 Å². The van der Waals surface area contributed by atoms with Gasteiger partial charge in [0, 0.05) is 49.4 Å². The number of benzene rings is 2. The normalized spacial score (nSPS) is 15.0. The molecule has 50 heavy (non-hydrogen) atoms. The summed E-state index contributed by atoms with van der Waals surface area (Å²) in [5, 5.41) is 6.86. The number of amides is 2. The zero-order chi connectivity index (χ0) is 35.8. The van der Waals surface area contributed by atoms with Crippen LogP contribution in [-0.2, 0) is 16.1 Å². The number of piperidine rings is 1. The van der Waals surface area contributed by atoms with Crippen molar-refractivity contribution in [2.24, 2.45) is 0 Å². The standard InChI is InChI=1S/C40H51N5O5/c1-7-8-22-45-38-33(18-13-20-41-38)35(29-14-11-15-30(25-29)49-24-23-44-21-10-9-19-34(44)50-28(6)46)37(39(45)47)43-40(48)42-36-31(26(2)3)16-12-17-32(36)27(4)5/h11-18,20,25-27,34H,7-10,19,21-24H2,1-6H3,(H2,42,43,48). The molecule has 2 amide bonds. The van der Waals surface area contributed by atoms with Crippen LogP contribution in [-0.4, -0.2) is 52.4 Å². The number of nitrogens with zero attached hydrogens (tertiary/aromatic N) is 3. The van der Waals surface area contributed by atoms with Gasteiger partial charge in [-0.2, -0.15) is 0 Å². The van der Waals surface area contributed by atoms with Crippen LogP contribution in [0.25, 0.3) is 22.2 Å². The first-order valence-corrected chi connectivity index (χ1v) is 18.0. The summed E-state index contributed by atoms with van der Waals surface area (Å²) in [5.41, 5.74) is 4.56. The number of aryl methyl sites for hydroxylation is 1. The van der Waals surface area contributed by atoms with Crippen molar-refractivity contribution in [3.63, 3.8) is 0 Å². The molecular formula is C40H51N5O5. The quantitative estimate of drug-likeness (QED) is 0.136. The lowest BCUT2D eigenvalue weighted by molar-refractivity contribution is -0.160. The van der Waals surface area contributed by atoms with Crippen LogP contribution in [0.15, 0.2) is 65.6 Å². The third kappa shape index (κ3) is 8.53. The number of rotatable bonds is 13. The fourth-order valence-corrected chi connectivity index (χ4v) is 6.74. The van der Waals surface area contributed by atoms with Gasteiger partial charge in [-0.1, -0.05) is 71.4 Å². The van der Waals surface area contributed by atoms with Crippen LogP contribution >= 0.6 is 0 Å². The van der Waals surface area contributed by atoms with E-state index < -0.39 is 6.03 Å². The molecule has 1 atom stereocenters. The zero-order valence-electron chi connectivity index (χ0n) is 30.3. The van der Waals surface area contributed by atoms with E-state index >= 15 is 0 Å². The highest BCUT2D eigenvalue weighted by molar-refractivity contribution is 6.07. The Hall–Kier alpha value is -4.70. The Morgan fingerprint density at radius 2 is 1.66 bits per heavy atom. The van der Waals surface area contributed by atoms with Crippen LogP contribution in [0.1, 0.15) is 96.6 Å². The molecule has 266 valence electrons. The predicted octanol–water partition coefficient (Wildman–Crippen LogP) is 8.51. The fourth-order valence-electron chi connectivity index (χ4n) is 6.74. The van der Waals surface area contributed by atoms with E-state index in [1.54, 1.807) is 10.8 Å². The molecule has 1 aliphatic heterocycles. The van der Waals surface area contributed by atoms with Gasteiger partial charge in [-0.25, -0.2) is 9.78 Å². The van der Waals surface area contributed by atoms with Crippen molar-refractivity contribution in [1.29, 1.82) is 0 Å². The average molecular weight is 682 g/mol. The Kier molecular flexibility index (Phi) is 12.3. The van der Waals surface area contributed by atoms with Crippen molar-refractivity contribution in [2.45, 2.75) is 98.3 Å². The third-order valence-electron chi connectivity index (χ3n) is 9.23. The Morgan fingerprint density at radius 3 is 2.36 bits per heavy atom. The van der Waals surface area contributed by atoms with Gasteiger partial charge < -0.3 is 20.1 Å². The minimum atomic E-state index is -0.486. The van der Waals surface area contributed by atoms with Crippen LogP contribution in [0.4, 0.5) is 16.2 Å². The molecule has 10 heteroatoms. The van der Waals surface area contributed by atoms with Gasteiger partial charge >= 0.3 is 12.0 Å². The number of unbranched alkanes of at least 4 members (excludes halogenated alkanes) is 1. The number of ether oxygens (including phenoxy) is 2. The van der Waals surface area contributed by atoms with Crippen LogP contribution in [0.2, 0.25) is 0 Å². The molecule has 0 saturated carbocycles. The molecule has 5 rings (SSSR count). The maximum Gasteiger partial charge on any atom is 0.323 e. The first kappa shape index (κ1) is 36.6. The van der Waals surface area contributed by atoms with E-state index in [1.165, 1.54) is 6.92 Å². The number of hydrogen-bond acceptors (Lipinski definition) is 7. The molecule has 1 unspecified atom stereocenters. The lowest BCUT2D eigenvalue weighted by Gasteiger charge is -2.34. The summed E-state index contributed by atoms with van der Waals surface area (Å²) < 4.78 is 13.4. The summed E-state index contributed by atoms with van der Waals surface area (Å²) in [6.07, 6.45) is 6.01. The summed E-state index contributed by atoms with van der Waals surface area (Å²) in [5.74, 6) is 0.709. The largest absolute Gasteiger partial charge is 0.492 e. The second kappa shape index (κ2) is 16.8. The second-order valence-corrected chi connectivity index (χ2v) is 13.6. The molecule has 3 heterocycles. The minimum absolute atomic E-state index is 0.182. The SMILES string of the molecule is CCCCn1c(=O)c(NC(=O)Nc2c(C(C)C)cccc2C(C)C)c(-c2cccc(OCCN3CCCCC3OC(C)=O)c2)c2cccnc21. The highest BCUT2D eigenvalue weighted by Gasteiger charge is 2.25. The topological polar surface area (TPSA) is 115 Å². The molecule has 0 aliphatic carbocycles. The van der Waals surface area contributed by atoms with E-state index in [4.69, 9.17) is 9.47 Å². The summed E-state index contributed by atoms with van der Waals surface area (Å²) in [6.45, 7) is 14.2. The molecule has 4 aromatic rings.